The molecule has 6 heteroatoms. The predicted octanol–water partition coefficient (Wildman–Crippen LogP) is 1.94. The number of carbonyl (C=O) groups excluding carboxylic acids is 1. The van der Waals surface area contributed by atoms with Crippen molar-refractivity contribution in [1.29, 1.82) is 0 Å². The van der Waals surface area contributed by atoms with Crippen LogP contribution in [0.15, 0.2) is 12.1 Å². The van der Waals surface area contributed by atoms with E-state index in [9.17, 15) is 4.79 Å². The zero-order valence-corrected chi connectivity index (χ0v) is 11.9. The van der Waals surface area contributed by atoms with Crippen LogP contribution in [0.3, 0.4) is 0 Å². The first-order valence-electron chi connectivity index (χ1n) is 7.33. The normalized spacial score (nSPS) is 20.3. The quantitative estimate of drug-likeness (QED) is 0.829. The van der Waals surface area contributed by atoms with Crippen LogP contribution >= 0.6 is 0 Å². The smallest absolute Gasteiger partial charge is 0.224 e. The average molecular weight is 292 g/mol. The van der Waals surface area contributed by atoms with E-state index in [2.05, 4.69) is 5.32 Å². The third-order valence-electron chi connectivity index (χ3n) is 3.71. The Morgan fingerprint density at radius 2 is 2.00 bits per heavy atom. The molecule has 3 rings (SSSR count). The fraction of sp³-hybridized carbons (Fsp3) is 0.533. The highest BCUT2D eigenvalue weighted by molar-refractivity contribution is 5.94. The van der Waals surface area contributed by atoms with Gasteiger partial charge in [-0.15, -0.1) is 0 Å². The van der Waals surface area contributed by atoms with Gasteiger partial charge in [-0.3, -0.25) is 4.79 Å². The van der Waals surface area contributed by atoms with Crippen LogP contribution in [0.2, 0.25) is 0 Å². The fourth-order valence-electron chi connectivity index (χ4n) is 2.59. The van der Waals surface area contributed by atoms with Gasteiger partial charge in [-0.05, 0) is 19.3 Å². The van der Waals surface area contributed by atoms with E-state index in [0.717, 1.165) is 25.9 Å². The second-order valence-corrected chi connectivity index (χ2v) is 5.30. The molecule has 6 nitrogen and oxygen atoms in total. The molecule has 1 saturated heterocycles. The van der Waals surface area contributed by atoms with E-state index >= 15 is 0 Å². The van der Waals surface area contributed by atoms with E-state index in [1.165, 1.54) is 0 Å². The molecule has 0 aliphatic carbocycles. The standard InChI is InChI=1S/C15H20N2O4/c16-11-8-13-14(21-7-6-20-13)9-12(11)17-15(18)4-3-10-2-1-5-19-10/h8-10H,1-7,16H2,(H,17,18). The van der Waals surface area contributed by atoms with E-state index in [-0.39, 0.29) is 12.0 Å². The molecule has 2 heterocycles. The van der Waals surface area contributed by atoms with Crippen LogP contribution < -0.4 is 20.5 Å². The number of rotatable bonds is 4. The van der Waals surface area contributed by atoms with Gasteiger partial charge in [-0.25, -0.2) is 0 Å². The summed E-state index contributed by atoms with van der Waals surface area (Å²) in [6, 6.07) is 3.40. The molecule has 0 aromatic heterocycles. The number of nitrogen functional groups attached to an aromatic ring is 1. The first kappa shape index (κ1) is 14.0. The van der Waals surface area contributed by atoms with Crippen LogP contribution in [0.4, 0.5) is 11.4 Å². The first-order chi connectivity index (χ1) is 10.2. The molecule has 0 saturated carbocycles. The van der Waals surface area contributed by atoms with Crippen LogP contribution in [0, 0.1) is 0 Å². The van der Waals surface area contributed by atoms with Gasteiger partial charge in [-0.1, -0.05) is 0 Å². The lowest BCUT2D eigenvalue weighted by molar-refractivity contribution is -0.116. The van der Waals surface area contributed by atoms with E-state index in [1.54, 1.807) is 12.1 Å². The number of hydrogen-bond donors (Lipinski definition) is 2. The van der Waals surface area contributed by atoms with Crippen LogP contribution in [0.25, 0.3) is 0 Å². The minimum absolute atomic E-state index is 0.0612. The molecule has 2 aliphatic heterocycles. The number of nitrogens with two attached hydrogens (primary N) is 1. The van der Waals surface area contributed by atoms with Crippen molar-refractivity contribution in [2.24, 2.45) is 0 Å². The lowest BCUT2D eigenvalue weighted by Crippen LogP contribution is -2.18. The van der Waals surface area contributed by atoms with E-state index < -0.39 is 0 Å². The van der Waals surface area contributed by atoms with Gasteiger partial charge in [0.15, 0.2) is 11.5 Å². The molecular weight excluding hydrogens is 272 g/mol. The highest BCUT2D eigenvalue weighted by Gasteiger charge is 2.18. The van der Waals surface area contributed by atoms with E-state index in [1.807, 2.05) is 0 Å². The van der Waals surface area contributed by atoms with Crippen LogP contribution in [-0.2, 0) is 9.53 Å². The van der Waals surface area contributed by atoms with Crippen molar-refractivity contribution in [3.63, 3.8) is 0 Å². The maximum absolute atomic E-state index is 12.0. The molecule has 1 atom stereocenters. The average Bonchev–Trinajstić information content (AvgIpc) is 2.99. The number of ether oxygens (including phenoxy) is 3. The van der Waals surface area contributed by atoms with Gasteiger partial charge in [0.25, 0.3) is 0 Å². The van der Waals surface area contributed by atoms with Crippen molar-refractivity contribution >= 4 is 17.3 Å². The lowest BCUT2D eigenvalue weighted by atomic mass is 10.1. The molecule has 0 radical (unpaired) electrons. The first-order valence-corrected chi connectivity index (χ1v) is 7.33. The molecule has 1 aromatic rings. The monoisotopic (exact) mass is 292 g/mol. The van der Waals surface area contributed by atoms with Gasteiger partial charge in [-0.2, -0.15) is 0 Å². The maximum atomic E-state index is 12.0. The minimum atomic E-state index is -0.0612. The summed E-state index contributed by atoms with van der Waals surface area (Å²) >= 11 is 0. The Morgan fingerprint density at radius 3 is 2.71 bits per heavy atom. The van der Waals surface area contributed by atoms with E-state index in [0.29, 0.717) is 42.5 Å². The summed E-state index contributed by atoms with van der Waals surface area (Å²) < 4.78 is 16.4. The molecule has 1 aromatic carbocycles. The second-order valence-electron chi connectivity index (χ2n) is 5.30. The number of benzene rings is 1. The lowest BCUT2D eigenvalue weighted by Gasteiger charge is -2.20. The highest BCUT2D eigenvalue weighted by Crippen LogP contribution is 2.37. The van der Waals surface area contributed by atoms with Crippen LogP contribution in [-0.4, -0.2) is 31.8 Å². The molecule has 3 N–H and O–H groups in total. The Balaban J connectivity index is 1.59. The van der Waals surface area contributed by atoms with Crippen molar-refractivity contribution < 1.29 is 19.0 Å². The molecule has 1 fully saturated rings. The van der Waals surface area contributed by atoms with Crippen LogP contribution in [0.1, 0.15) is 25.7 Å². The van der Waals surface area contributed by atoms with Crippen molar-refractivity contribution in [3.05, 3.63) is 12.1 Å². The van der Waals surface area contributed by atoms with Gasteiger partial charge in [0.2, 0.25) is 5.91 Å². The van der Waals surface area contributed by atoms with Crippen LogP contribution in [0.5, 0.6) is 11.5 Å². The third kappa shape index (κ3) is 3.39. The van der Waals surface area contributed by atoms with Gasteiger partial charge in [0.05, 0.1) is 17.5 Å². The Morgan fingerprint density at radius 1 is 1.24 bits per heavy atom. The Bertz CT molecular complexity index is 527. The van der Waals surface area contributed by atoms with Gasteiger partial charge in [0.1, 0.15) is 13.2 Å². The molecule has 1 unspecified atom stereocenters. The summed E-state index contributed by atoms with van der Waals surface area (Å²) in [7, 11) is 0. The van der Waals surface area contributed by atoms with Gasteiger partial charge >= 0.3 is 0 Å². The number of hydrogen-bond acceptors (Lipinski definition) is 5. The summed E-state index contributed by atoms with van der Waals surface area (Å²) in [5, 5.41) is 2.83. The summed E-state index contributed by atoms with van der Waals surface area (Å²) in [6.45, 7) is 1.82. The highest BCUT2D eigenvalue weighted by atomic mass is 16.6. The Hall–Kier alpha value is -1.95. The predicted molar refractivity (Wildman–Crippen MR) is 78.7 cm³/mol. The molecule has 114 valence electrons. The number of carbonyl (C=O) groups is 1. The molecule has 21 heavy (non-hydrogen) atoms. The summed E-state index contributed by atoms with van der Waals surface area (Å²) in [4.78, 5) is 12.0. The molecule has 0 spiro atoms. The zero-order chi connectivity index (χ0) is 14.7. The van der Waals surface area contributed by atoms with Gasteiger partial charge < -0.3 is 25.3 Å². The number of nitrogens with one attached hydrogen (secondary N) is 1. The van der Waals surface area contributed by atoms with Crippen molar-refractivity contribution in [1.82, 2.24) is 0 Å². The second kappa shape index (κ2) is 6.22. The Labute approximate surface area is 123 Å². The molecular formula is C15H20N2O4. The SMILES string of the molecule is Nc1cc2c(cc1NC(=O)CCC1CCCO1)OCCO2. The topological polar surface area (TPSA) is 82.8 Å². The third-order valence-corrected chi connectivity index (χ3v) is 3.71. The molecule has 0 bridgehead atoms. The number of fused-ring (bicyclic) bond motifs is 1. The minimum Gasteiger partial charge on any atom is -0.486 e. The fourth-order valence-corrected chi connectivity index (χ4v) is 2.59. The largest absolute Gasteiger partial charge is 0.486 e. The maximum Gasteiger partial charge on any atom is 0.224 e. The number of amides is 1. The van der Waals surface area contributed by atoms with Crippen molar-refractivity contribution in [3.8, 4) is 11.5 Å². The molecule has 2 aliphatic rings. The van der Waals surface area contributed by atoms with E-state index in [4.69, 9.17) is 19.9 Å². The summed E-state index contributed by atoms with van der Waals surface area (Å²) in [5.74, 6) is 1.18. The summed E-state index contributed by atoms with van der Waals surface area (Å²) in [6.07, 6.45) is 3.52. The number of anilines is 2. The zero-order valence-electron chi connectivity index (χ0n) is 11.9. The van der Waals surface area contributed by atoms with Crippen molar-refractivity contribution in [2.75, 3.05) is 30.9 Å². The molecule has 1 amide bonds. The van der Waals surface area contributed by atoms with Gasteiger partial charge in [0, 0.05) is 25.2 Å². The van der Waals surface area contributed by atoms with Crippen molar-refractivity contribution in [2.45, 2.75) is 31.8 Å². The Kier molecular flexibility index (Phi) is 4.15. The summed E-state index contributed by atoms with van der Waals surface area (Å²) in [5.41, 5.74) is 6.98.